The fraction of sp³-hybridized carbons (Fsp3) is 0.733. The molecule has 1 spiro atoms. The van der Waals surface area contributed by atoms with E-state index in [0.29, 0.717) is 19.4 Å². The zero-order valence-corrected chi connectivity index (χ0v) is 13.8. The molecule has 1 amide bonds. The van der Waals surface area contributed by atoms with Crippen LogP contribution in [-0.2, 0) is 23.2 Å². The number of aryl methyl sites for hydroxylation is 2. The first-order valence-corrected chi connectivity index (χ1v) is 7.92. The fourth-order valence-electron chi connectivity index (χ4n) is 3.98. The molecule has 1 aromatic heterocycles. The lowest BCUT2D eigenvalue weighted by molar-refractivity contribution is -0.146. The predicted octanol–water partition coefficient (Wildman–Crippen LogP) is 0.0210. The normalized spacial score (nSPS) is 24.6. The monoisotopic (exact) mass is 321 g/mol. The van der Waals surface area contributed by atoms with E-state index in [0.717, 1.165) is 24.7 Å². The molecule has 0 saturated carbocycles. The van der Waals surface area contributed by atoms with Crippen LogP contribution in [0, 0.1) is 12.8 Å². The smallest absolute Gasteiger partial charge is 0.309 e. The molecule has 23 heavy (non-hydrogen) atoms. The summed E-state index contributed by atoms with van der Waals surface area (Å²) in [6.45, 7) is 4.08. The lowest BCUT2D eigenvalue weighted by Crippen LogP contribution is -2.56. The summed E-state index contributed by atoms with van der Waals surface area (Å²) in [6.07, 6.45) is 1.49. The third kappa shape index (κ3) is 2.60. The Morgan fingerprint density at radius 3 is 2.52 bits per heavy atom. The van der Waals surface area contributed by atoms with Gasteiger partial charge in [-0.3, -0.25) is 19.2 Å². The molecule has 8 nitrogen and oxygen atoms in total. The Labute approximate surface area is 135 Å². The SMILES string of the molecule is Cc1nc(CN2CCC3(CC2)[C@@H](C(=O)O)CC(=O)N3C)n(C)n1. The minimum Gasteiger partial charge on any atom is -0.481 e. The molecule has 0 aliphatic carbocycles. The van der Waals surface area contributed by atoms with Gasteiger partial charge < -0.3 is 10.0 Å². The van der Waals surface area contributed by atoms with Crippen molar-refractivity contribution in [3.63, 3.8) is 0 Å². The number of aliphatic carboxylic acids is 1. The molecule has 126 valence electrons. The Morgan fingerprint density at radius 1 is 1.35 bits per heavy atom. The average molecular weight is 321 g/mol. The first-order valence-electron chi connectivity index (χ1n) is 7.92. The van der Waals surface area contributed by atoms with Crippen LogP contribution in [0.4, 0.5) is 0 Å². The van der Waals surface area contributed by atoms with Crippen molar-refractivity contribution in [1.82, 2.24) is 24.6 Å². The van der Waals surface area contributed by atoms with Crippen LogP contribution in [-0.4, -0.2) is 67.2 Å². The van der Waals surface area contributed by atoms with Gasteiger partial charge in [0.05, 0.1) is 18.0 Å². The van der Waals surface area contributed by atoms with Crippen molar-refractivity contribution in [2.45, 2.75) is 38.3 Å². The van der Waals surface area contributed by atoms with Crippen LogP contribution in [0.25, 0.3) is 0 Å². The van der Waals surface area contributed by atoms with Gasteiger partial charge in [0.1, 0.15) is 11.6 Å². The molecule has 3 rings (SSSR count). The zero-order chi connectivity index (χ0) is 16.8. The molecule has 2 aliphatic heterocycles. The molecule has 8 heteroatoms. The van der Waals surface area contributed by atoms with Crippen LogP contribution in [0.3, 0.4) is 0 Å². The van der Waals surface area contributed by atoms with Gasteiger partial charge in [0.15, 0.2) is 0 Å². The molecule has 1 N–H and O–H groups in total. The molecule has 1 aromatic rings. The number of piperidine rings is 1. The molecule has 3 heterocycles. The number of carbonyl (C=O) groups is 2. The van der Waals surface area contributed by atoms with Gasteiger partial charge in [-0.1, -0.05) is 0 Å². The maximum atomic E-state index is 12.0. The summed E-state index contributed by atoms with van der Waals surface area (Å²) in [5.41, 5.74) is -0.533. The molecular weight excluding hydrogens is 298 g/mol. The van der Waals surface area contributed by atoms with Crippen molar-refractivity contribution in [2.75, 3.05) is 20.1 Å². The molecule has 0 bridgehead atoms. The van der Waals surface area contributed by atoms with Crippen molar-refractivity contribution in [3.8, 4) is 0 Å². The highest BCUT2D eigenvalue weighted by Crippen LogP contribution is 2.42. The third-order valence-corrected chi connectivity index (χ3v) is 5.41. The third-order valence-electron chi connectivity index (χ3n) is 5.41. The van der Waals surface area contributed by atoms with Gasteiger partial charge in [-0.05, 0) is 19.8 Å². The Balaban J connectivity index is 1.71. The summed E-state index contributed by atoms with van der Waals surface area (Å²) in [5, 5.41) is 13.7. The van der Waals surface area contributed by atoms with Gasteiger partial charge in [0.2, 0.25) is 5.91 Å². The maximum absolute atomic E-state index is 12.0. The summed E-state index contributed by atoms with van der Waals surface area (Å²) < 4.78 is 1.78. The number of carboxylic acid groups (broad SMARTS) is 1. The van der Waals surface area contributed by atoms with E-state index in [-0.39, 0.29) is 12.3 Å². The van der Waals surface area contributed by atoms with E-state index >= 15 is 0 Å². The van der Waals surface area contributed by atoms with Gasteiger partial charge in [-0.25, -0.2) is 4.98 Å². The van der Waals surface area contributed by atoms with Crippen LogP contribution in [0.2, 0.25) is 0 Å². The van der Waals surface area contributed by atoms with Crippen molar-refractivity contribution < 1.29 is 14.7 Å². The number of hydrogen-bond acceptors (Lipinski definition) is 5. The lowest BCUT2D eigenvalue weighted by atomic mass is 9.77. The molecule has 0 radical (unpaired) electrons. The number of hydrogen-bond donors (Lipinski definition) is 1. The number of nitrogens with zero attached hydrogens (tertiary/aromatic N) is 5. The van der Waals surface area contributed by atoms with E-state index < -0.39 is 17.4 Å². The van der Waals surface area contributed by atoms with E-state index in [4.69, 9.17) is 0 Å². The van der Waals surface area contributed by atoms with Gasteiger partial charge in [0.25, 0.3) is 0 Å². The van der Waals surface area contributed by atoms with Crippen LogP contribution in [0.15, 0.2) is 0 Å². The lowest BCUT2D eigenvalue weighted by Gasteiger charge is -2.45. The Bertz CT molecular complexity index is 633. The number of carboxylic acids is 1. The first-order chi connectivity index (χ1) is 10.8. The van der Waals surface area contributed by atoms with Gasteiger partial charge in [-0.2, -0.15) is 5.10 Å². The summed E-state index contributed by atoms with van der Waals surface area (Å²) in [7, 11) is 3.62. The minimum atomic E-state index is -0.861. The first kappa shape index (κ1) is 15.9. The van der Waals surface area contributed by atoms with Crippen LogP contribution >= 0.6 is 0 Å². The quantitative estimate of drug-likeness (QED) is 0.844. The second-order valence-electron chi connectivity index (χ2n) is 6.63. The van der Waals surface area contributed by atoms with Crippen LogP contribution in [0.5, 0.6) is 0 Å². The summed E-state index contributed by atoms with van der Waals surface area (Å²) in [6, 6.07) is 0. The molecular formula is C15H23N5O3. The van der Waals surface area contributed by atoms with Crippen molar-refractivity contribution in [1.29, 1.82) is 0 Å². The molecule has 0 unspecified atom stereocenters. The number of rotatable bonds is 3. The fourth-order valence-corrected chi connectivity index (χ4v) is 3.98. The van der Waals surface area contributed by atoms with Crippen molar-refractivity contribution >= 4 is 11.9 Å². The number of aromatic nitrogens is 3. The molecule has 0 aromatic carbocycles. The highest BCUT2D eigenvalue weighted by molar-refractivity contribution is 5.88. The van der Waals surface area contributed by atoms with Crippen LogP contribution in [0.1, 0.15) is 30.9 Å². The second-order valence-corrected chi connectivity index (χ2v) is 6.63. The average Bonchev–Trinajstić information content (AvgIpc) is 2.93. The molecule has 2 aliphatic rings. The Hall–Kier alpha value is -1.96. The van der Waals surface area contributed by atoms with Gasteiger partial charge in [0, 0.05) is 33.6 Å². The molecule has 2 saturated heterocycles. The Morgan fingerprint density at radius 2 is 2.00 bits per heavy atom. The maximum Gasteiger partial charge on any atom is 0.309 e. The topological polar surface area (TPSA) is 91.6 Å². The Kier molecular flexibility index (Phi) is 3.87. The second kappa shape index (κ2) is 5.59. The number of likely N-dealkylation sites (tertiary alicyclic amines) is 2. The number of amides is 1. The number of carbonyl (C=O) groups excluding carboxylic acids is 1. The van der Waals surface area contributed by atoms with E-state index in [1.165, 1.54) is 0 Å². The largest absolute Gasteiger partial charge is 0.481 e. The van der Waals surface area contributed by atoms with E-state index in [2.05, 4.69) is 15.0 Å². The highest BCUT2D eigenvalue weighted by atomic mass is 16.4. The zero-order valence-electron chi connectivity index (χ0n) is 13.8. The molecule has 2 fully saturated rings. The standard InChI is InChI=1S/C15H23N5O3/c1-10-16-12(19(3)17-10)9-20-6-4-15(5-7-20)11(14(22)23)8-13(21)18(15)2/h11H,4-9H2,1-3H3,(H,22,23)/t11-/m1/s1. The summed E-state index contributed by atoms with van der Waals surface area (Å²) in [5.74, 6) is 0.140. The van der Waals surface area contributed by atoms with Gasteiger partial charge in [-0.15, -0.1) is 0 Å². The van der Waals surface area contributed by atoms with Gasteiger partial charge >= 0.3 is 5.97 Å². The van der Waals surface area contributed by atoms with Crippen LogP contribution < -0.4 is 0 Å². The van der Waals surface area contributed by atoms with E-state index in [1.54, 1.807) is 16.6 Å². The predicted molar refractivity (Wildman–Crippen MR) is 81.5 cm³/mol. The van der Waals surface area contributed by atoms with E-state index in [9.17, 15) is 14.7 Å². The summed E-state index contributed by atoms with van der Waals surface area (Å²) in [4.78, 5) is 31.9. The molecule has 1 atom stereocenters. The van der Waals surface area contributed by atoms with Crippen molar-refractivity contribution in [3.05, 3.63) is 11.6 Å². The van der Waals surface area contributed by atoms with Crippen molar-refractivity contribution in [2.24, 2.45) is 13.0 Å². The summed E-state index contributed by atoms with van der Waals surface area (Å²) >= 11 is 0. The minimum absolute atomic E-state index is 0.0604. The highest BCUT2D eigenvalue weighted by Gasteiger charge is 2.55. The van der Waals surface area contributed by atoms with E-state index in [1.807, 2.05) is 14.0 Å².